The predicted molar refractivity (Wildman–Crippen MR) is 122 cm³/mol. The summed E-state index contributed by atoms with van der Waals surface area (Å²) in [4.78, 5) is 23.5. The van der Waals surface area contributed by atoms with Crippen LogP contribution in [0.4, 0.5) is 11.4 Å². The molecule has 0 spiro atoms. The molecule has 0 saturated heterocycles. The fourth-order valence-electron chi connectivity index (χ4n) is 3.14. The molecule has 0 saturated carbocycles. The van der Waals surface area contributed by atoms with E-state index < -0.39 is 11.0 Å². The fourth-order valence-corrected chi connectivity index (χ4v) is 3.36. The van der Waals surface area contributed by atoms with Crippen LogP contribution in [0, 0.1) is 10.1 Å². The molecule has 1 amide bonds. The maximum Gasteiger partial charge on any atom is 0.271 e. The Bertz CT molecular complexity index is 1110. The lowest BCUT2D eigenvalue weighted by atomic mass is 10.1. The van der Waals surface area contributed by atoms with E-state index in [-0.39, 0.29) is 22.3 Å². The molecule has 0 heterocycles. The number of hydrogen-bond acceptors (Lipinski definition) is 6. The molecule has 2 N–H and O–H groups in total. The first kappa shape index (κ1) is 23.1. The third-order valence-corrected chi connectivity index (χ3v) is 5.09. The second-order valence-corrected chi connectivity index (χ2v) is 7.23. The van der Waals surface area contributed by atoms with Crippen molar-refractivity contribution in [1.82, 2.24) is 5.32 Å². The first-order valence-corrected chi connectivity index (χ1v) is 10.0. The molecule has 0 fully saturated rings. The number of methoxy groups -OCH3 is 2. The standard InChI is InChI=1S/C23H22ClN3O5/c1-31-20-11-8-15(12-21(20)32-2)14-25-22(16-6-4-3-5-7-16)23(28)26-19-10-9-17(27(29)30)13-18(19)24/h3-13,22,25H,14H2,1-2H3,(H,26,28). The van der Waals surface area contributed by atoms with Gasteiger partial charge < -0.3 is 14.8 Å². The van der Waals surface area contributed by atoms with Gasteiger partial charge in [-0.1, -0.05) is 48.0 Å². The van der Waals surface area contributed by atoms with E-state index in [9.17, 15) is 14.9 Å². The minimum atomic E-state index is -0.699. The Labute approximate surface area is 190 Å². The molecule has 0 aromatic heterocycles. The van der Waals surface area contributed by atoms with E-state index in [1.807, 2.05) is 42.5 Å². The number of halogens is 1. The van der Waals surface area contributed by atoms with Crippen LogP contribution >= 0.6 is 11.6 Å². The van der Waals surface area contributed by atoms with Crippen LogP contribution in [0.15, 0.2) is 66.7 Å². The van der Waals surface area contributed by atoms with Gasteiger partial charge in [0.15, 0.2) is 11.5 Å². The number of amides is 1. The molecular weight excluding hydrogens is 434 g/mol. The number of anilines is 1. The number of nitrogens with zero attached hydrogens (tertiary/aromatic N) is 1. The Kier molecular flexibility index (Phi) is 7.64. The zero-order valence-corrected chi connectivity index (χ0v) is 18.3. The van der Waals surface area contributed by atoms with Gasteiger partial charge in [0.1, 0.15) is 6.04 Å². The van der Waals surface area contributed by atoms with Crippen LogP contribution in [-0.4, -0.2) is 25.1 Å². The number of carbonyl (C=O) groups excluding carboxylic acids is 1. The monoisotopic (exact) mass is 455 g/mol. The minimum absolute atomic E-state index is 0.0826. The van der Waals surface area contributed by atoms with Crippen molar-refractivity contribution < 1.29 is 19.2 Å². The summed E-state index contributed by atoms with van der Waals surface area (Å²) in [6.07, 6.45) is 0. The number of nitro benzene ring substituents is 1. The second-order valence-electron chi connectivity index (χ2n) is 6.82. The average molecular weight is 456 g/mol. The molecular formula is C23H22ClN3O5. The van der Waals surface area contributed by atoms with Crippen LogP contribution in [0.3, 0.4) is 0 Å². The molecule has 3 aromatic rings. The molecule has 0 bridgehead atoms. The topological polar surface area (TPSA) is 103 Å². The van der Waals surface area contributed by atoms with E-state index in [0.29, 0.717) is 18.0 Å². The van der Waals surface area contributed by atoms with Crippen molar-refractivity contribution >= 4 is 28.9 Å². The highest BCUT2D eigenvalue weighted by Gasteiger charge is 2.22. The number of hydrogen-bond donors (Lipinski definition) is 2. The summed E-state index contributed by atoms with van der Waals surface area (Å²) in [5.41, 5.74) is 1.78. The van der Waals surface area contributed by atoms with Crippen LogP contribution in [-0.2, 0) is 11.3 Å². The Hall–Kier alpha value is -3.62. The van der Waals surface area contributed by atoms with Crippen molar-refractivity contribution in [1.29, 1.82) is 0 Å². The summed E-state index contributed by atoms with van der Waals surface area (Å²) >= 11 is 6.14. The van der Waals surface area contributed by atoms with Crippen molar-refractivity contribution in [3.05, 3.63) is 93.0 Å². The number of carbonyl (C=O) groups is 1. The summed E-state index contributed by atoms with van der Waals surface area (Å²) < 4.78 is 10.6. The maximum atomic E-state index is 13.1. The quantitative estimate of drug-likeness (QED) is 0.357. The third kappa shape index (κ3) is 5.54. The fraction of sp³-hybridized carbons (Fsp3) is 0.174. The van der Waals surface area contributed by atoms with Gasteiger partial charge in [0, 0.05) is 18.7 Å². The highest BCUT2D eigenvalue weighted by atomic mass is 35.5. The van der Waals surface area contributed by atoms with Gasteiger partial charge in [-0.3, -0.25) is 20.2 Å². The molecule has 166 valence electrons. The number of rotatable bonds is 9. The largest absolute Gasteiger partial charge is 0.493 e. The van der Waals surface area contributed by atoms with Gasteiger partial charge in [0.25, 0.3) is 5.69 Å². The number of benzene rings is 3. The van der Waals surface area contributed by atoms with Gasteiger partial charge >= 0.3 is 0 Å². The molecule has 0 aliphatic rings. The SMILES string of the molecule is COc1ccc(CNC(C(=O)Nc2ccc([N+](=O)[O-])cc2Cl)c2ccccc2)cc1OC. The predicted octanol–water partition coefficient (Wildman–Crippen LogP) is 4.74. The molecule has 1 atom stereocenters. The van der Waals surface area contributed by atoms with E-state index in [0.717, 1.165) is 11.1 Å². The van der Waals surface area contributed by atoms with E-state index >= 15 is 0 Å². The lowest BCUT2D eigenvalue weighted by Gasteiger charge is -2.20. The van der Waals surface area contributed by atoms with Gasteiger partial charge in [-0.05, 0) is 29.3 Å². The van der Waals surface area contributed by atoms with Gasteiger partial charge in [-0.15, -0.1) is 0 Å². The number of nitro groups is 1. The Morgan fingerprint density at radius 3 is 2.38 bits per heavy atom. The molecule has 3 aromatic carbocycles. The van der Waals surface area contributed by atoms with Gasteiger partial charge in [-0.25, -0.2) is 0 Å². The summed E-state index contributed by atoms with van der Waals surface area (Å²) in [6, 6.07) is 17.9. The zero-order chi connectivity index (χ0) is 23.1. The van der Waals surface area contributed by atoms with Crippen LogP contribution in [0.2, 0.25) is 5.02 Å². The lowest BCUT2D eigenvalue weighted by molar-refractivity contribution is -0.384. The molecule has 3 rings (SSSR count). The number of non-ortho nitro benzene ring substituents is 1. The smallest absolute Gasteiger partial charge is 0.271 e. The Morgan fingerprint density at radius 2 is 1.75 bits per heavy atom. The molecule has 9 heteroatoms. The van der Waals surface area contributed by atoms with Crippen molar-refractivity contribution in [3.8, 4) is 11.5 Å². The van der Waals surface area contributed by atoms with Crippen LogP contribution < -0.4 is 20.1 Å². The minimum Gasteiger partial charge on any atom is -0.493 e. The third-order valence-electron chi connectivity index (χ3n) is 4.77. The van der Waals surface area contributed by atoms with E-state index in [1.54, 1.807) is 20.3 Å². The molecule has 8 nitrogen and oxygen atoms in total. The van der Waals surface area contributed by atoms with Crippen LogP contribution in [0.25, 0.3) is 0 Å². The van der Waals surface area contributed by atoms with Crippen molar-refractivity contribution in [2.45, 2.75) is 12.6 Å². The molecule has 0 aliphatic carbocycles. The summed E-state index contributed by atoms with van der Waals surface area (Å²) in [5, 5.41) is 17.0. The molecule has 1 unspecified atom stereocenters. The lowest BCUT2D eigenvalue weighted by Crippen LogP contribution is -2.32. The average Bonchev–Trinajstić information content (AvgIpc) is 2.80. The second kappa shape index (κ2) is 10.6. The van der Waals surface area contributed by atoms with Crippen LogP contribution in [0.5, 0.6) is 11.5 Å². The van der Waals surface area contributed by atoms with Crippen molar-refractivity contribution in [2.75, 3.05) is 19.5 Å². The first-order valence-electron chi connectivity index (χ1n) is 9.67. The van der Waals surface area contributed by atoms with E-state index in [1.165, 1.54) is 18.2 Å². The molecule has 32 heavy (non-hydrogen) atoms. The van der Waals surface area contributed by atoms with Crippen molar-refractivity contribution in [2.24, 2.45) is 0 Å². The normalized spacial score (nSPS) is 11.5. The van der Waals surface area contributed by atoms with Crippen molar-refractivity contribution in [3.63, 3.8) is 0 Å². The van der Waals surface area contributed by atoms with Gasteiger partial charge in [0.05, 0.1) is 29.9 Å². The van der Waals surface area contributed by atoms with E-state index in [4.69, 9.17) is 21.1 Å². The Morgan fingerprint density at radius 1 is 1.03 bits per heavy atom. The highest BCUT2D eigenvalue weighted by molar-refractivity contribution is 6.34. The maximum absolute atomic E-state index is 13.1. The zero-order valence-electron chi connectivity index (χ0n) is 17.5. The highest BCUT2D eigenvalue weighted by Crippen LogP contribution is 2.29. The van der Waals surface area contributed by atoms with Gasteiger partial charge in [0.2, 0.25) is 5.91 Å². The van der Waals surface area contributed by atoms with E-state index in [2.05, 4.69) is 10.6 Å². The number of ether oxygens (including phenoxy) is 2. The molecule has 0 aliphatic heterocycles. The van der Waals surface area contributed by atoms with Gasteiger partial charge in [-0.2, -0.15) is 0 Å². The van der Waals surface area contributed by atoms with Crippen LogP contribution in [0.1, 0.15) is 17.2 Å². The summed E-state index contributed by atoms with van der Waals surface area (Å²) in [5.74, 6) is 0.846. The first-order chi connectivity index (χ1) is 15.4. The summed E-state index contributed by atoms with van der Waals surface area (Å²) in [7, 11) is 3.12. The Balaban J connectivity index is 1.81. The number of nitrogens with one attached hydrogen (secondary N) is 2. The molecule has 0 radical (unpaired) electrons. The summed E-state index contributed by atoms with van der Waals surface area (Å²) in [6.45, 7) is 0.376.